The molecule has 0 bridgehead atoms. The first kappa shape index (κ1) is 19.4. The highest BCUT2D eigenvalue weighted by Gasteiger charge is 2.29. The van der Waals surface area contributed by atoms with Gasteiger partial charge in [0.2, 0.25) is 0 Å². The van der Waals surface area contributed by atoms with Crippen molar-refractivity contribution in [3.05, 3.63) is 36.8 Å². The molecule has 1 saturated heterocycles. The van der Waals surface area contributed by atoms with Gasteiger partial charge in [-0.1, -0.05) is 0 Å². The van der Waals surface area contributed by atoms with Crippen molar-refractivity contribution in [2.75, 3.05) is 11.9 Å². The van der Waals surface area contributed by atoms with E-state index >= 15 is 0 Å². The van der Waals surface area contributed by atoms with Crippen molar-refractivity contribution in [2.24, 2.45) is 5.73 Å². The molecule has 2 aromatic heterocycles. The molecule has 0 radical (unpaired) electrons. The van der Waals surface area contributed by atoms with Gasteiger partial charge in [0.05, 0.1) is 18.0 Å². The first-order valence-corrected chi connectivity index (χ1v) is 6.89. The van der Waals surface area contributed by atoms with E-state index in [1.54, 1.807) is 35.4 Å². The molecule has 0 saturated carbocycles. The highest BCUT2D eigenvalue weighted by Crippen LogP contribution is 2.20. The molecule has 3 N–H and O–H groups in total. The standard InChI is InChI=1S/C14H17N5O2.2ClH/c15-8-11-3-4-12(21-11)14(20)18-10-2-5-13(16-9-10)19-7-1-6-17-19;;/h1-2,5-7,9,11-12H,3-4,8,15H2,(H,18,20);2*1H/t11-,12+;;/m1../s1. The Kier molecular flexibility index (Phi) is 7.44. The van der Waals surface area contributed by atoms with Crippen molar-refractivity contribution in [3.8, 4) is 5.82 Å². The molecule has 0 unspecified atom stereocenters. The second kappa shape index (κ2) is 8.83. The fourth-order valence-electron chi connectivity index (χ4n) is 2.29. The number of aromatic nitrogens is 3. The lowest BCUT2D eigenvalue weighted by Crippen LogP contribution is -2.29. The lowest BCUT2D eigenvalue weighted by Gasteiger charge is -2.12. The maximum absolute atomic E-state index is 12.1. The van der Waals surface area contributed by atoms with Crippen LogP contribution in [0.4, 0.5) is 5.69 Å². The van der Waals surface area contributed by atoms with Gasteiger partial charge >= 0.3 is 0 Å². The van der Waals surface area contributed by atoms with Crippen molar-refractivity contribution in [3.63, 3.8) is 0 Å². The van der Waals surface area contributed by atoms with E-state index in [4.69, 9.17) is 10.5 Å². The zero-order chi connectivity index (χ0) is 14.7. The third-order valence-corrected chi connectivity index (χ3v) is 3.42. The minimum absolute atomic E-state index is 0. The monoisotopic (exact) mass is 359 g/mol. The molecule has 1 aliphatic heterocycles. The Morgan fingerprint density at radius 3 is 2.78 bits per heavy atom. The zero-order valence-corrected chi connectivity index (χ0v) is 13.9. The number of anilines is 1. The van der Waals surface area contributed by atoms with Gasteiger partial charge in [0, 0.05) is 18.9 Å². The summed E-state index contributed by atoms with van der Waals surface area (Å²) in [5, 5.41) is 6.90. The predicted molar refractivity (Wildman–Crippen MR) is 91.4 cm³/mol. The number of halogens is 2. The number of hydrogen-bond donors (Lipinski definition) is 2. The van der Waals surface area contributed by atoms with Gasteiger partial charge in [-0.3, -0.25) is 4.79 Å². The number of rotatable bonds is 4. The van der Waals surface area contributed by atoms with E-state index < -0.39 is 6.10 Å². The second-order valence-corrected chi connectivity index (χ2v) is 4.90. The Bertz CT molecular complexity index is 606. The molecule has 2 atom stereocenters. The molecular weight excluding hydrogens is 341 g/mol. The number of nitrogens with two attached hydrogens (primary N) is 1. The highest BCUT2D eigenvalue weighted by atomic mass is 35.5. The molecule has 3 heterocycles. The van der Waals surface area contributed by atoms with Crippen LogP contribution in [0.25, 0.3) is 5.82 Å². The van der Waals surface area contributed by atoms with E-state index in [-0.39, 0.29) is 36.8 Å². The molecule has 0 aromatic carbocycles. The largest absolute Gasteiger partial charge is 0.364 e. The summed E-state index contributed by atoms with van der Waals surface area (Å²) in [6.07, 6.45) is 6.18. The van der Waals surface area contributed by atoms with E-state index in [1.807, 2.05) is 6.07 Å². The van der Waals surface area contributed by atoms with Crippen molar-refractivity contribution >= 4 is 36.4 Å². The second-order valence-electron chi connectivity index (χ2n) is 4.90. The summed E-state index contributed by atoms with van der Waals surface area (Å²) in [5.74, 6) is 0.540. The van der Waals surface area contributed by atoms with Crippen LogP contribution >= 0.6 is 24.8 Å². The Hall–Kier alpha value is -1.67. The van der Waals surface area contributed by atoms with Crippen LogP contribution in [-0.4, -0.2) is 39.4 Å². The summed E-state index contributed by atoms with van der Waals surface area (Å²) in [7, 11) is 0. The maximum Gasteiger partial charge on any atom is 0.253 e. The average Bonchev–Trinajstić information content (AvgIpc) is 3.19. The highest BCUT2D eigenvalue weighted by molar-refractivity contribution is 5.94. The number of nitrogens with zero attached hydrogens (tertiary/aromatic N) is 3. The van der Waals surface area contributed by atoms with Crippen LogP contribution in [0.1, 0.15) is 12.8 Å². The summed E-state index contributed by atoms with van der Waals surface area (Å²) in [6, 6.07) is 5.40. The van der Waals surface area contributed by atoms with Crippen LogP contribution < -0.4 is 11.1 Å². The molecule has 126 valence electrons. The minimum Gasteiger partial charge on any atom is -0.364 e. The molecule has 1 amide bonds. The fraction of sp³-hybridized carbons (Fsp3) is 0.357. The summed E-state index contributed by atoms with van der Waals surface area (Å²) in [4.78, 5) is 16.3. The minimum atomic E-state index is -0.427. The van der Waals surface area contributed by atoms with Gasteiger partial charge in [-0.15, -0.1) is 24.8 Å². The van der Waals surface area contributed by atoms with Gasteiger partial charge in [-0.25, -0.2) is 9.67 Å². The molecular formula is C14H19Cl2N5O2. The molecule has 1 fully saturated rings. The van der Waals surface area contributed by atoms with Crippen LogP contribution in [0.5, 0.6) is 0 Å². The molecule has 2 aromatic rings. The number of nitrogens with one attached hydrogen (secondary N) is 1. The van der Waals surface area contributed by atoms with Crippen molar-refractivity contribution in [1.29, 1.82) is 0 Å². The molecule has 23 heavy (non-hydrogen) atoms. The SMILES string of the molecule is Cl.Cl.NC[C@H]1CC[C@@H](C(=O)Nc2ccc(-n3cccn3)nc2)O1. The van der Waals surface area contributed by atoms with E-state index in [2.05, 4.69) is 15.4 Å². The van der Waals surface area contributed by atoms with Gasteiger partial charge < -0.3 is 15.8 Å². The Labute approximate surface area is 146 Å². The van der Waals surface area contributed by atoms with Crippen LogP contribution in [0.2, 0.25) is 0 Å². The molecule has 3 rings (SSSR count). The number of ether oxygens (including phenoxy) is 1. The lowest BCUT2D eigenvalue weighted by molar-refractivity contribution is -0.126. The van der Waals surface area contributed by atoms with Crippen LogP contribution in [0.15, 0.2) is 36.8 Å². The third-order valence-electron chi connectivity index (χ3n) is 3.42. The van der Waals surface area contributed by atoms with Crippen molar-refractivity contribution < 1.29 is 9.53 Å². The van der Waals surface area contributed by atoms with Crippen molar-refractivity contribution in [2.45, 2.75) is 25.0 Å². The first-order chi connectivity index (χ1) is 10.3. The van der Waals surface area contributed by atoms with Crippen LogP contribution in [0, 0.1) is 0 Å². The summed E-state index contributed by atoms with van der Waals surface area (Å²) >= 11 is 0. The van der Waals surface area contributed by atoms with Gasteiger partial charge in [0.15, 0.2) is 5.82 Å². The van der Waals surface area contributed by atoms with Gasteiger partial charge in [-0.05, 0) is 31.0 Å². The van der Waals surface area contributed by atoms with E-state index in [0.717, 1.165) is 6.42 Å². The Morgan fingerprint density at radius 1 is 1.39 bits per heavy atom. The number of carbonyl (C=O) groups is 1. The zero-order valence-electron chi connectivity index (χ0n) is 12.3. The topological polar surface area (TPSA) is 95.1 Å². The van der Waals surface area contributed by atoms with E-state index in [0.29, 0.717) is 24.5 Å². The molecule has 0 aliphatic carbocycles. The first-order valence-electron chi connectivity index (χ1n) is 6.89. The predicted octanol–water partition coefficient (Wildman–Crippen LogP) is 1.56. The Morgan fingerprint density at radius 2 is 2.22 bits per heavy atom. The normalized spacial score (nSPS) is 19.5. The fourth-order valence-corrected chi connectivity index (χ4v) is 2.29. The summed E-state index contributed by atoms with van der Waals surface area (Å²) in [5.41, 5.74) is 6.17. The van der Waals surface area contributed by atoms with Crippen LogP contribution in [0.3, 0.4) is 0 Å². The van der Waals surface area contributed by atoms with Gasteiger partial charge in [0.25, 0.3) is 5.91 Å². The smallest absolute Gasteiger partial charge is 0.253 e. The van der Waals surface area contributed by atoms with Gasteiger partial charge in [0.1, 0.15) is 6.10 Å². The molecule has 9 heteroatoms. The van der Waals surface area contributed by atoms with E-state index in [1.165, 1.54) is 0 Å². The number of hydrogen-bond acceptors (Lipinski definition) is 5. The quantitative estimate of drug-likeness (QED) is 0.863. The molecule has 1 aliphatic rings. The molecule has 7 nitrogen and oxygen atoms in total. The summed E-state index contributed by atoms with van der Waals surface area (Å²) in [6.45, 7) is 0.448. The number of amides is 1. The summed E-state index contributed by atoms with van der Waals surface area (Å²) < 4.78 is 7.21. The average molecular weight is 360 g/mol. The lowest BCUT2D eigenvalue weighted by atomic mass is 10.2. The van der Waals surface area contributed by atoms with Crippen molar-refractivity contribution in [1.82, 2.24) is 14.8 Å². The van der Waals surface area contributed by atoms with Gasteiger partial charge in [-0.2, -0.15) is 5.10 Å². The third kappa shape index (κ3) is 4.65. The Balaban J connectivity index is 0.00000132. The van der Waals surface area contributed by atoms with E-state index in [9.17, 15) is 4.79 Å². The number of pyridine rings is 1. The van der Waals surface area contributed by atoms with Crippen LogP contribution in [-0.2, 0) is 9.53 Å². The molecule has 0 spiro atoms. The maximum atomic E-state index is 12.1. The number of carbonyl (C=O) groups excluding carboxylic acids is 1.